The molecule has 0 saturated carbocycles. The van der Waals surface area contributed by atoms with Gasteiger partial charge in [-0.25, -0.2) is 15.2 Å². The zero-order valence-electron chi connectivity index (χ0n) is 10.4. The molecule has 0 spiro atoms. The lowest BCUT2D eigenvalue weighted by Crippen LogP contribution is -2.41. The van der Waals surface area contributed by atoms with E-state index in [1.165, 1.54) is 13.3 Å². The van der Waals surface area contributed by atoms with Crippen LogP contribution in [0.2, 0.25) is 0 Å². The molecule has 7 nitrogen and oxygen atoms in total. The van der Waals surface area contributed by atoms with Gasteiger partial charge in [0.25, 0.3) is 5.91 Å². The van der Waals surface area contributed by atoms with Crippen molar-refractivity contribution in [3.8, 4) is 5.88 Å². The number of amides is 2. The third kappa shape index (κ3) is 4.28. The quantitative estimate of drug-likeness (QED) is 0.780. The molecule has 0 aliphatic rings. The molecule has 1 aromatic rings. The van der Waals surface area contributed by atoms with Crippen LogP contribution in [0.1, 0.15) is 24.2 Å². The van der Waals surface area contributed by atoms with Gasteiger partial charge in [-0.3, -0.25) is 10.2 Å². The molecule has 0 aliphatic heterocycles. The van der Waals surface area contributed by atoms with Crippen molar-refractivity contribution < 1.29 is 19.1 Å². The van der Waals surface area contributed by atoms with Gasteiger partial charge in [-0.2, -0.15) is 0 Å². The molecule has 0 fully saturated rings. The van der Waals surface area contributed by atoms with E-state index in [4.69, 9.17) is 4.74 Å². The van der Waals surface area contributed by atoms with E-state index in [0.29, 0.717) is 11.4 Å². The molecule has 7 heteroatoms. The number of nitrogens with zero attached hydrogens (tertiary/aromatic N) is 1. The maximum atomic E-state index is 11.5. The molecule has 2 amide bonds. The van der Waals surface area contributed by atoms with Crippen LogP contribution < -0.4 is 15.6 Å². The molecule has 1 rings (SSSR count). The summed E-state index contributed by atoms with van der Waals surface area (Å²) in [5.41, 5.74) is 4.52. The Labute approximate surface area is 104 Å². The highest BCUT2D eigenvalue weighted by Crippen LogP contribution is 2.09. The van der Waals surface area contributed by atoms with E-state index in [-0.39, 0.29) is 6.10 Å². The number of hydrogen-bond acceptors (Lipinski definition) is 5. The molecule has 18 heavy (non-hydrogen) atoms. The summed E-state index contributed by atoms with van der Waals surface area (Å²) >= 11 is 0. The zero-order chi connectivity index (χ0) is 13.5. The van der Waals surface area contributed by atoms with Crippen molar-refractivity contribution >= 4 is 12.0 Å². The number of methoxy groups -OCH3 is 1. The van der Waals surface area contributed by atoms with Crippen LogP contribution >= 0.6 is 0 Å². The first-order valence-electron chi connectivity index (χ1n) is 5.30. The molecule has 98 valence electrons. The largest absolute Gasteiger partial charge is 0.475 e. The standard InChI is InChI=1S/C11H15N3O4/c1-7(2)18-9-5-4-8(6-12-9)10(15)13-14-11(16)17-3/h4-7H,1-3H3,(H,13,15)(H,14,16). The minimum Gasteiger partial charge on any atom is -0.475 e. The van der Waals surface area contributed by atoms with Gasteiger partial charge in [0.05, 0.1) is 18.8 Å². The average Bonchev–Trinajstić information content (AvgIpc) is 2.35. The van der Waals surface area contributed by atoms with Crippen molar-refractivity contribution in [2.45, 2.75) is 20.0 Å². The molecule has 0 aromatic carbocycles. The van der Waals surface area contributed by atoms with Crippen LogP contribution in [-0.4, -0.2) is 30.2 Å². The van der Waals surface area contributed by atoms with Crippen molar-refractivity contribution in [2.24, 2.45) is 0 Å². The minimum absolute atomic E-state index is 0.0122. The van der Waals surface area contributed by atoms with Crippen LogP contribution in [0.3, 0.4) is 0 Å². The van der Waals surface area contributed by atoms with Crippen molar-refractivity contribution in [3.05, 3.63) is 23.9 Å². The highest BCUT2D eigenvalue weighted by atomic mass is 16.5. The van der Waals surface area contributed by atoms with Gasteiger partial charge in [-0.15, -0.1) is 0 Å². The van der Waals surface area contributed by atoms with Gasteiger partial charge in [0, 0.05) is 12.3 Å². The summed E-state index contributed by atoms with van der Waals surface area (Å²) in [6.45, 7) is 3.76. The van der Waals surface area contributed by atoms with Crippen molar-refractivity contribution in [1.82, 2.24) is 15.8 Å². The maximum absolute atomic E-state index is 11.5. The summed E-state index contributed by atoms with van der Waals surface area (Å²) in [4.78, 5) is 26.2. The van der Waals surface area contributed by atoms with E-state index in [1.807, 2.05) is 13.8 Å². The van der Waals surface area contributed by atoms with Gasteiger partial charge in [0.15, 0.2) is 0 Å². The van der Waals surface area contributed by atoms with Crippen molar-refractivity contribution in [2.75, 3.05) is 7.11 Å². The van der Waals surface area contributed by atoms with E-state index in [1.54, 1.807) is 12.1 Å². The molecule has 0 bridgehead atoms. The van der Waals surface area contributed by atoms with Crippen LogP contribution in [0.25, 0.3) is 0 Å². The number of carbonyl (C=O) groups is 2. The van der Waals surface area contributed by atoms with Crippen molar-refractivity contribution in [3.63, 3.8) is 0 Å². The third-order valence-corrected chi connectivity index (χ3v) is 1.82. The summed E-state index contributed by atoms with van der Waals surface area (Å²) in [6.07, 6.45) is 0.612. The molecule has 0 unspecified atom stereocenters. The Morgan fingerprint density at radius 2 is 2.00 bits per heavy atom. The number of rotatable bonds is 3. The molecular formula is C11H15N3O4. The minimum atomic E-state index is -0.754. The monoisotopic (exact) mass is 253 g/mol. The lowest BCUT2D eigenvalue weighted by Gasteiger charge is -2.09. The van der Waals surface area contributed by atoms with Gasteiger partial charge in [-0.1, -0.05) is 0 Å². The smallest absolute Gasteiger partial charge is 0.425 e. The second-order valence-corrected chi connectivity index (χ2v) is 3.62. The van der Waals surface area contributed by atoms with Gasteiger partial charge in [0.1, 0.15) is 0 Å². The number of hydrazine groups is 1. The van der Waals surface area contributed by atoms with Crippen molar-refractivity contribution in [1.29, 1.82) is 0 Å². The van der Waals surface area contributed by atoms with E-state index >= 15 is 0 Å². The Bertz CT molecular complexity index is 417. The first kappa shape index (κ1) is 13.8. The summed E-state index contributed by atoms with van der Waals surface area (Å²) in [5, 5.41) is 0. The van der Waals surface area contributed by atoms with E-state index in [2.05, 4.69) is 20.6 Å². The maximum Gasteiger partial charge on any atom is 0.425 e. The Kier molecular flexibility index (Phi) is 4.91. The highest BCUT2D eigenvalue weighted by Gasteiger charge is 2.08. The molecule has 1 heterocycles. The first-order valence-corrected chi connectivity index (χ1v) is 5.30. The Morgan fingerprint density at radius 3 is 2.50 bits per heavy atom. The lowest BCUT2D eigenvalue weighted by molar-refractivity contribution is 0.0920. The van der Waals surface area contributed by atoms with E-state index in [9.17, 15) is 9.59 Å². The molecule has 0 atom stereocenters. The Morgan fingerprint density at radius 1 is 1.28 bits per heavy atom. The van der Waals surface area contributed by atoms with E-state index in [0.717, 1.165) is 0 Å². The van der Waals surface area contributed by atoms with Crippen LogP contribution in [-0.2, 0) is 4.74 Å². The number of nitrogens with one attached hydrogen (secondary N) is 2. The zero-order valence-corrected chi connectivity index (χ0v) is 10.4. The number of hydrogen-bond donors (Lipinski definition) is 2. The predicted molar refractivity (Wildman–Crippen MR) is 63.0 cm³/mol. The van der Waals surface area contributed by atoms with Crippen LogP contribution in [0.4, 0.5) is 4.79 Å². The summed E-state index contributed by atoms with van der Waals surface area (Å²) in [7, 11) is 1.20. The molecule has 1 aromatic heterocycles. The molecule has 0 saturated heterocycles. The number of aromatic nitrogens is 1. The normalized spacial score (nSPS) is 9.78. The Hall–Kier alpha value is -2.31. The van der Waals surface area contributed by atoms with Gasteiger partial charge < -0.3 is 9.47 Å². The first-order chi connectivity index (χ1) is 8.52. The SMILES string of the molecule is COC(=O)NNC(=O)c1ccc(OC(C)C)nc1. The summed E-state index contributed by atoms with van der Waals surface area (Å²) in [5.74, 6) is -0.0634. The third-order valence-electron chi connectivity index (χ3n) is 1.82. The second-order valence-electron chi connectivity index (χ2n) is 3.62. The Balaban J connectivity index is 2.56. The highest BCUT2D eigenvalue weighted by molar-refractivity contribution is 5.94. The fraction of sp³-hybridized carbons (Fsp3) is 0.364. The average molecular weight is 253 g/mol. The van der Waals surface area contributed by atoms with Gasteiger partial charge >= 0.3 is 6.09 Å². The molecule has 2 N–H and O–H groups in total. The molecular weight excluding hydrogens is 238 g/mol. The van der Waals surface area contributed by atoms with Gasteiger partial charge in [-0.05, 0) is 19.9 Å². The molecule has 0 aliphatic carbocycles. The lowest BCUT2D eigenvalue weighted by atomic mass is 10.3. The predicted octanol–water partition coefficient (Wildman–Crippen LogP) is 0.870. The number of carbonyl (C=O) groups excluding carboxylic acids is 2. The topological polar surface area (TPSA) is 89.6 Å². The number of pyridine rings is 1. The summed E-state index contributed by atoms with van der Waals surface area (Å²) < 4.78 is 9.63. The van der Waals surface area contributed by atoms with Crippen LogP contribution in [0.5, 0.6) is 5.88 Å². The van der Waals surface area contributed by atoms with Crippen LogP contribution in [0, 0.1) is 0 Å². The van der Waals surface area contributed by atoms with Crippen LogP contribution in [0.15, 0.2) is 18.3 Å². The molecule has 0 radical (unpaired) electrons. The fourth-order valence-electron chi connectivity index (χ4n) is 1.06. The fourth-order valence-corrected chi connectivity index (χ4v) is 1.06. The second kappa shape index (κ2) is 6.43. The summed E-state index contributed by atoms with van der Waals surface area (Å²) in [6, 6.07) is 3.12. The number of ether oxygens (including phenoxy) is 2. The van der Waals surface area contributed by atoms with E-state index < -0.39 is 12.0 Å². The van der Waals surface area contributed by atoms with Gasteiger partial charge in [0.2, 0.25) is 5.88 Å².